The van der Waals surface area contributed by atoms with Crippen LogP contribution in [-0.4, -0.2) is 36.1 Å². The van der Waals surface area contributed by atoms with Gasteiger partial charge in [0.25, 0.3) is 0 Å². The molecule has 2 rings (SSSR count). The highest BCUT2D eigenvalue weighted by Crippen LogP contribution is 2.24. The van der Waals surface area contributed by atoms with Crippen molar-refractivity contribution in [1.82, 2.24) is 9.97 Å². The number of hydrogen-bond acceptors (Lipinski definition) is 5. The van der Waals surface area contributed by atoms with Gasteiger partial charge in [0, 0.05) is 39.6 Å². The fourth-order valence-electron chi connectivity index (χ4n) is 1.50. The highest BCUT2D eigenvalue weighted by Gasteiger charge is 2.39. The van der Waals surface area contributed by atoms with Crippen molar-refractivity contribution in [2.75, 3.05) is 11.4 Å². The third-order valence-electron chi connectivity index (χ3n) is 2.34. The minimum Gasteiger partial charge on any atom is -0.279 e. The highest BCUT2D eigenvalue weighted by atomic mass is 127. The highest BCUT2D eigenvalue weighted by molar-refractivity contribution is 14.1. The van der Waals surface area contributed by atoms with Crippen LogP contribution >= 0.6 is 33.3 Å². The van der Waals surface area contributed by atoms with Crippen molar-refractivity contribution >= 4 is 54.2 Å². The standard InChI is InChI=1S/C8H7ClIN3O3S/c9-17(15,16)6-1-7(14)13(4-6)8-11-2-5(10)3-12-8/h2-3,6H,1,4H2. The van der Waals surface area contributed by atoms with Crippen LogP contribution in [0.15, 0.2) is 12.4 Å². The molecular weight excluding hydrogens is 381 g/mol. The van der Waals surface area contributed by atoms with Crippen LogP contribution in [0.2, 0.25) is 0 Å². The van der Waals surface area contributed by atoms with Crippen LogP contribution in [0.1, 0.15) is 6.42 Å². The van der Waals surface area contributed by atoms with Gasteiger partial charge in [0.05, 0.1) is 0 Å². The molecule has 6 nitrogen and oxygen atoms in total. The number of carbonyl (C=O) groups excluding carboxylic acids is 1. The van der Waals surface area contributed by atoms with Crippen molar-refractivity contribution in [3.05, 3.63) is 16.0 Å². The van der Waals surface area contributed by atoms with E-state index in [9.17, 15) is 13.2 Å². The van der Waals surface area contributed by atoms with Crippen LogP contribution in [-0.2, 0) is 13.8 Å². The lowest BCUT2D eigenvalue weighted by molar-refractivity contribution is -0.117. The van der Waals surface area contributed by atoms with Gasteiger partial charge in [-0.3, -0.25) is 9.69 Å². The first kappa shape index (κ1) is 13.0. The molecule has 1 saturated heterocycles. The molecule has 0 bridgehead atoms. The van der Waals surface area contributed by atoms with Crippen LogP contribution < -0.4 is 4.90 Å². The van der Waals surface area contributed by atoms with E-state index in [1.54, 1.807) is 12.4 Å². The van der Waals surface area contributed by atoms with E-state index in [4.69, 9.17) is 10.7 Å². The minimum absolute atomic E-state index is 0.00522. The summed E-state index contributed by atoms with van der Waals surface area (Å²) in [5, 5.41) is -0.889. The Morgan fingerprint density at radius 1 is 1.41 bits per heavy atom. The van der Waals surface area contributed by atoms with Crippen LogP contribution in [0.25, 0.3) is 0 Å². The van der Waals surface area contributed by atoms with E-state index in [1.165, 1.54) is 4.90 Å². The van der Waals surface area contributed by atoms with Gasteiger partial charge < -0.3 is 0 Å². The SMILES string of the molecule is O=C1CC(S(=O)(=O)Cl)CN1c1ncc(I)cn1. The van der Waals surface area contributed by atoms with Gasteiger partial charge >= 0.3 is 0 Å². The summed E-state index contributed by atoms with van der Waals surface area (Å²) in [5.74, 6) is -0.126. The molecule has 2 heterocycles. The number of aromatic nitrogens is 2. The molecular formula is C8H7ClIN3O3S. The number of amides is 1. The number of anilines is 1. The Morgan fingerprint density at radius 2 is 2.00 bits per heavy atom. The molecule has 92 valence electrons. The first-order valence-corrected chi connectivity index (χ1v) is 8.04. The maximum Gasteiger partial charge on any atom is 0.237 e. The number of nitrogens with zero attached hydrogens (tertiary/aromatic N) is 3. The Hall–Kier alpha value is -0.480. The molecule has 1 unspecified atom stereocenters. The largest absolute Gasteiger partial charge is 0.279 e. The molecule has 0 spiro atoms. The van der Waals surface area contributed by atoms with Crippen molar-refractivity contribution in [3.8, 4) is 0 Å². The van der Waals surface area contributed by atoms with Gasteiger partial charge in [-0.25, -0.2) is 18.4 Å². The zero-order valence-electron chi connectivity index (χ0n) is 8.38. The quantitative estimate of drug-likeness (QED) is 0.553. The fraction of sp³-hybridized carbons (Fsp3) is 0.375. The maximum atomic E-state index is 11.6. The normalized spacial score (nSPS) is 20.9. The average Bonchev–Trinajstić information content (AvgIpc) is 2.61. The van der Waals surface area contributed by atoms with Crippen molar-refractivity contribution < 1.29 is 13.2 Å². The lowest BCUT2D eigenvalue weighted by Gasteiger charge is -2.13. The van der Waals surface area contributed by atoms with Gasteiger partial charge in [-0.2, -0.15) is 0 Å². The van der Waals surface area contributed by atoms with Gasteiger partial charge in [0.1, 0.15) is 5.25 Å². The Bertz CT molecular complexity index is 548. The van der Waals surface area contributed by atoms with Crippen molar-refractivity contribution in [1.29, 1.82) is 0 Å². The lowest BCUT2D eigenvalue weighted by Crippen LogP contribution is -2.28. The lowest BCUT2D eigenvalue weighted by atomic mass is 10.4. The third-order valence-corrected chi connectivity index (χ3v) is 4.76. The van der Waals surface area contributed by atoms with E-state index in [0.29, 0.717) is 0 Å². The zero-order valence-corrected chi connectivity index (χ0v) is 12.1. The molecule has 9 heteroatoms. The Kier molecular flexibility index (Phi) is 3.55. The second kappa shape index (κ2) is 4.65. The van der Waals surface area contributed by atoms with Crippen molar-refractivity contribution in [2.24, 2.45) is 0 Å². The Balaban J connectivity index is 2.24. The molecule has 0 aromatic carbocycles. The van der Waals surface area contributed by atoms with Crippen molar-refractivity contribution in [3.63, 3.8) is 0 Å². The van der Waals surface area contributed by atoms with Crippen LogP contribution in [0.4, 0.5) is 5.95 Å². The van der Waals surface area contributed by atoms with Crippen LogP contribution in [0, 0.1) is 3.57 Å². The molecule has 1 atom stereocenters. The van der Waals surface area contributed by atoms with Gasteiger partial charge in [-0.15, -0.1) is 0 Å². The molecule has 1 fully saturated rings. The maximum absolute atomic E-state index is 11.6. The van der Waals surface area contributed by atoms with Gasteiger partial charge in [0.2, 0.25) is 20.9 Å². The first-order valence-electron chi connectivity index (χ1n) is 4.59. The molecule has 0 saturated carbocycles. The van der Waals surface area contributed by atoms with Gasteiger partial charge in [0.15, 0.2) is 0 Å². The molecule has 1 aromatic heterocycles. The van der Waals surface area contributed by atoms with Crippen molar-refractivity contribution in [2.45, 2.75) is 11.7 Å². The van der Waals surface area contributed by atoms with E-state index in [2.05, 4.69) is 9.97 Å². The summed E-state index contributed by atoms with van der Waals surface area (Å²) in [6.07, 6.45) is 2.98. The summed E-state index contributed by atoms with van der Waals surface area (Å²) in [6.45, 7) is 0.00522. The average molecular weight is 388 g/mol. The number of halogens is 2. The minimum atomic E-state index is -3.73. The predicted octanol–water partition coefficient (Wildman–Crippen LogP) is 0.755. The Labute approximate surface area is 116 Å². The van der Waals surface area contributed by atoms with Gasteiger partial charge in [-0.1, -0.05) is 0 Å². The summed E-state index contributed by atoms with van der Waals surface area (Å²) < 4.78 is 23.1. The number of hydrogen-bond donors (Lipinski definition) is 0. The smallest absolute Gasteiger partial charge is 0.237 e. The van der Waals surface area contributed by atoms with E-state index < -0.39 is 14.3 Å². The van der Waals surface area contributed by atoms with E-state index >= 15 is 0 Å². The predicted molar refractivity (Wildman–Crippen MR) is 70.3 cm³/mol. The molecule has 1 aliphatic rings. The number of carbonyl (C=O) groups is 1. The van der Waals surface area contributed by atoms with E-state index in [1.807, 2.05) is 22.6 Å². The second-order valence-corrected chi connectivity index (χ2v) is 7.66. The molecule has 1 aromatic rings. The fourth-order valence-corrected chi connectivity index (χ4v) is 2.81. The van der Waals surface area contributed by atoms with Crippen LogP contribution in [0.5, 0.6) is 0 Å². The van der Waals surface area contributed by atoms with Crippen LogP contribution in [0.3, 0.4) is 0 Å². The van der Waals surface area contributed by atoms with Gasteiger partial charge in [-0.05, 0) is 22.6 Å². The summed E-state index contributed by atoms with van der Waals surface area (Å²) >= 11 is 2.04. The van der Waals surface area contributed by atoms with E-state index in [0.717, 1.165) is 3.57 Å². The first-order chi connectivity index (χ1) is 7.88. The molecule has 0 radical (unpaired) electrons. The summed E-state index contributed by atoms with van der Waals surface area (Å²) in [4.78, 5) is 20.8. The monoisotopic (exact) mass is 387 g/mol. The molecule has 17 heavy (non-hydrogen) atoms. The second-order valence-electron chi connectivity index (χ2n) is 3.51. The molecule has 0 N–H and O–H groups in total. The third kappa shape index (κ3) is 2.86. The Morgan fingerprint density at radius 3 is 2.47 bits per heavy atom. The summed E-state index contributed by atoms with van der Waals surface area (Å²) in [6, 6.07) is 0. The molecule has 0 aliphatic carbocycles. The topological polar surface area (TPSA) is 80.2 Å². The zero-order chi connectivity index (χ0) is 12.6. The summed E-state index contributed by atoms with van der Waals surface area (Å²) in [5.41, 5.74) is 0. The van der Waals surface area contributed by atoms with E-state index in [-0.39, 0.29) is 24.8 Å². The molecule has 1 aliphatic heterocycles. The number of rotatable bonds is 2. The summed E-state index contributed by atoms with van der Waals surface area (Å²) in [7, 11) is 1.50. The molecule has 1 amide bonds.